The van der Waals surface area contributed by atoms with E-state index in [0.717, 1.165) is 12.1 Å². The minimum absolute atomic E-state index is 0.0569. The number of carbonyl (C=O) groups excluding carboxylic acids is 2. The molecule has 39 heavy (non-hydrogen) atoms. The number of anilines is 1. The SMILES string of the molecule is CC(C)(C)C[C@H]1N[C@@H](C(=O)CC2CCC(O)CC2)C(c2cccc(Cl)c2F)[C@@]12C(=O)Nc1cc(F)c(F)cc12. The molecular weight excluding hydrogens is 529 g/mol. The van der Waals surface area contributed by atoms with Gasteiger partial charge in [-0.2, -0.15) is 0 Å². The molecule has 0 bridgehead atoms. The number of nitrogens with one attached hydrogen (secondary N) is 2. The van der Waals surface area contributed by atoms with Crippen molar-refractivity contribution in [2.75, 3.05) is 5.32 Å². The lowest BCUT2D eigenvalue weighted by atomic mass is 9.62. The normalized spacial score (nSPS) is 30.5. The Morgan fingerprint density at radius 1 is 1.10 bits per heavy atom. The van der Waals surface area contributed by atoms with Crippen molar-refractivity contribution in [3.8, 4) is 0 Å². The van der Waals surface area contributed by atoms with Gasteiger partial charge in [0, 0.05) is 30.1 Å². The maximum absolute atomic E-state index is 15.8. The van der Waals surface area contributed by atoms with E-state index in [4.69, 9.17) is 11.6 Å². The maximum Gasteiger partial charge on any atom is 0.237 e. The average molecular weight is 563 g/mol. The zero-order valence-corrected chi connectivity index (χ0v) is 23.0. The third kappa shape index (κ3) is 4.89. The van der Waals surface area contributed by atoms with E-state index in [1.165, 1.54) is 12.1 Å². The molecule has 1 unspecified atom stereocenters. The summed E-state index contributed by atoms with van der Waals surface area (Å²) >= 11 is 6.20. The Balaban J connectivity index is 1.69. The van der Waals surface area contributed by atoms with E-state index in [1.54, 1.807) is 6.07 Å². The number of rotatable bonds is 5. The van der Waals surface area contributed by atoms with Gasteiger partial charge >= 0.3 is 0 Å². The molecule has 2 aromatic carbocycles. The number of hydrogen-bond acceptors (Lipinski definition) is 4. The molecule has 5 nitrogen and oxygen atoms in total. The van der Waals surface area contributed by atoms with Crippen molar-refractivity contribution in [1.29, 1.82) is 0 Å². The maximum atomic E-state index is 15.8. The van der Waals surface area contributed by atoms with E-state index < -0.39 is 46.8 Å². The lowest BCUT2D eigenvalue weighted by Gasteiger charge is -2.38. The molecule has 1 saturated heterocycles. The van der Waals surface area contributed by atoms with Crippen LogP contribution in [0.4, 0.5) is 18.9 Å². The summed E-state index contributed by atoms with van der Waals surface area (Å²) in [6.45, 7) is 5.95. The summed E-state index contributed by atoms with van der Waals surface area (Å²) in [5.41, 5.74) is -1.53. The van der Waals surface area contributed by atoms with Gasteiger partial charge in [0.05, 0.1) is 17.2 Å². The molecule has 4 atom stereocenters. The van der Waals surface area contributed by atoms with E-state index >= 15 is 4.39 Å². The molecule has 3 N–H and O–H groups in total. The first-order valence-electron chi connectivity index (χ1n) is 13.5. The molecule has 5 rings (SSSR count). The van der Waals surface area contributed by atoms with Gasteiger partial charge in [-0.3, -0.25) is 9.59 Å². The molecule has 2 heterocycles. The quantitative estimate of drug-likeness (QED) is 0.416. The van der Waals surface area contributed by atoms with Crippen LogP contribution in [-0.4, -0.2) is 35.0 Å². The molecule has 210 valence electrons. The highest BCUT2D eigenvalue weighted by Gasteiger charge is 2.66. The topological polar surface area (TPSA) is 78.4 Å². The van der Waals surface area contributed by atoms with Crippen molar-refractivity contribution in [3.63, 3.8) is 0 Å². The van der Waals surface area contributed by atoms with Gasteiger partial charge in [0.1, 0.15) is 11.2 Å². The predicted molar refractivity (Wildman–Crippen MR) is 143 cm³/mol. The smallest absolute Gasteiger partial charge is 0.237 e. The molecule has 1 amide bonds. The fraction of sp³-hybridized carbons (Fsp3) is 0.533. The highest BCUT2D eigenvalue weighted by molar-refractivity contribution is 6.30. The summed E-state index contributed by atoms with van der Waals surface area (Å²) < 4.78 is 44.8. The number of ketones is 1. The Bertz CT molecular complexity index is 1310. The Kier molecular flexibility index (Phi) is 7.36. The van der Waals surface area contributed by atoms with Gasteiger partial charge in [-0.05, 0) is 66.7 Å². The fourth-order valence-electron chi connectivity index (χ4n) is 6.98. The number of halogens is 4. The van der Waals surface area contributed by atoms with Gasteiger partial charge in [-0.25, -0.2) is 13.2 Å². The molecule has 9 heteroatoms. The van der Waals surface area contributed by atoms with Crippen molar-refractivity contribution >= 4 is 29.0 Å². The number of Topliss-reactive ketones (excluding diaryl/α,β-unsaturated/α-hetero) is 1. The van der Waals surface area contributed by atoms with Gasteiger partial charge in [-0.15, -0.1) is 0 Å². The third-order valence-electron chi connectivity index (χ3n) is 8.67. The summed E-state index contributed by atoms with van der Waals surface area (Å²) in [7, 11) is 0. The first kappa shape index (κ1) is 28.1. The minimum atomic E-state index is -1.59. The number of aliphatic hydroxyl groups is 1. The summed E-state index contributed by atoms with van der Waals surface area (Å²) in [6.07, 6.45) is 2.84. The van der Waals surface area contributed by atoms with Crippen LogP contribution in [0.15, 0.2) is 30.3 Å². The zero-order chi connectivity index (χ0) is 28.3. The molecule has 1 spiro atoms. The van der Waals surface area contributed by atoms with Crippen molar-refractivity contribution in [3.05, 3.63) is 63.9 Å². The number of benzene rings is 2. The van der Waals surface area contributed by atoms with Crippen molar-refractivity contribution < 1.29 is 27.9 Å². The van der Waals surface area contributed by atoms with Crippen molar-refractivity contribution in [1.82, 2.24) is 5.32 Å². The van der Waals surface area contributed by atoms with Crippen LogP contribution in [0.1, 0.15) is 76.3 Å². The lowest BCUT2D eigenvalue weighted by Crippen LogP contribution is -2.49. The van der Waals surface area contributed by atoms with Crippen LogP contribution in [0.25, 0.3) is 0 Å². The van der Waals surface area contributed by atoms with Gasteiger partial charge in [-0.1, -0.05) is 44.5 Å². The van der Waals surface area contributed by atoms with E-state index in [1.807, 2.05) is 20.8 Å². The number of carbonyl (C=O) groups is 2. The molecular formula is C30H34ClF3N2O3. The summed E-state index contributed by atoms with van der Waals surface area (Å²) in [5.74, 6) is -4.70. The standard InChI is InChI=1S/C30H34ClF3N2O3/c1-29(2,3)14-24-30(18-12-20(32)21(33)13-22(18)35-28(30)39)25(17-5-4-6-19(31)26(17)34)27(36-24)23(38)11-15-7-9-16(37)10-8-15/h4-6,12-13,15-16,24-25,27,36-37H,7-11,14H2,1-3H3,(H,35,39)/t15?,16?,24-,25?,27+,30+/m1/s1. The monoisotopic (exact) mass is 562 g/mol. The zero-order valence-electron chi connectivity index (χ0n) is 22.3. The molecule has 1 aliphatic carbocycles. The van der Waals surface area contributed by atoms with E-state index in [2.05, 4.69) is 10.6 Å². The van der Waals surface area contributed by atoms with E-state index in [0.29, 0.717) is 32.1 Å². The molecule has 3 aliphatic rings. The lowest BCUT2D eigenvalue weighted by molar-refractivity contribution is -0.123. The highest BCUT2D eigenvalue weighted by atomic mass is 35.5. The van der Waals surface area contributed by atoms with Gasteiger partial charge in [0.2, 0.25) is 5.91 Å². The molecule has 2 fully saturated rings. The van der Waals surface area contributed by atoms with Crippen LogP contribution in [-0.2, 0) is 15.0 Å². The van der Waals surface area contributed by atoms with Crippen molar-refractivity contribution in [2.24, 2.45) is 11.3 Å². The third-order valence-corrected chi connectivity index (χ3v) is 8.96. The van der Waals surface area contributed by atoms with Crippen LogP contribution in [0, 0.1) is 28.8 Å². The minimum Gasteiger partial charge on any atom is -0.393 e. The highest BCUT2D eigenvalue weighted by Crippen LogP contribution is 2.57. The summed E-state index contributed by atoms with van der Waals surface area (Å²) in [4.78, 5) is 28.1. The second-order valence-corrected chi connectivity index (χ2v) is 13.0. The fourth-order valence-corrected chi connectivity index (χ4v) is 7.16. The van der Waals surface area contributed by atoms with Crippen LogP contribution >= 0.6 is 11.6 Å². The molecule has 2 aromatic rings. The number of fused-ring (bicyclic) bond motifs is 2. The molecule has 0 radical (unpaired) electrons. The Morgan fingerprint density at radius 2 is 1.77 bits per heavy atom. The second kappa shape index (κ2) is 10.2. The largest absolute Gasteiger partial charge is 0.393 e. The Morgan fingerprint density at radius 3 is 2.44 bits per heavy atom. The number of hydrogen-bond donors (Lipinski definition) is 3. The number of aliphatic hydroxyl groups excluding tert-OH is 1. The van der Waals surface area contributed by atoms with Crippen LogP contribution in [0.5, 0.6) is 0 Å². The molecule has 2 aliphatic heterocycles. The molecule has 1 saturated carbocycles. The van der Waals surface area contributed by atoms with Crippen molar-refractivity contribution in [2.45, 2.75) is 88.8 Å². The summed E-state index contributed by atoms with van der Waals surface area (Å²) in [6, 6.07) is 4.76. The van der Waals surface area contributed by atoms with Gasteiger partial charge in [0.15, 0.2) is 17.4 Å². The first-order valence-corrected chi connectivity index (χ1v) is 13.9. The Hall–Kier alpha value is -2.42. The van der Waals surface area contributed by atoms with Crippen LogP contribution in [0.2, 0.25) is 5.02 Å². The van der Waals surface area contributed by atoms with Crippen LogP contribution < -0.4 is 10.6 Å². The predicted octanol–water partition coefficient (Wildman–Crippen LogP) is 6.02. The van der Waals surface area contributed by atoms with Gasteiger partial charge < -0.3 is 15.7 Å². The van der Waals surface area contributed by atoms with E-state index in [-0.39, 0.29) is 51.5 Å². The Labute approximate surface area is 231 Å². The van der Waals surface area contributed by atoms with Crippen LogP contribution in [0.3, 0.4) is 0 Å². The first-order chi connectivity index (χ1) is 18.3. The van der Waals surface area contributed by atoms with Gasteiger partial charge in [0.25, 0.3) is 0 Å². The average Bonchev–Trinajstić information content (AvgIpc) is 3.32. The number of amides is 1. The second-order valence-electron chi connectivity index (χ2n) is 12.6. The summed E-state index contributed by atoms with van der Waals surface area (Å²) in [5, 5.41) is 15.9. The molecule has 0 aromatic heterocycles. The van der Waals surface area contributed by atoms with E-state index in [9.17, 15) is 23.5 Å².